The van der Waals surface area contributed by atoms with Crippen LogP contribution in [0.4, 0.5) is 0 Å². The maximum Gasteiger partial charge on any atom is 0.240 e. The number of aliphatic hydroxyl groups excluding tert-OH is 1. The lowest BCUT2D eigenvalue weighted by Gasteiger charge is -2.13. The van der Waals surface area contributed by atoms with Crippen molar-refractivity contribution in [3.63, 3.8) is 0 Å². The van der Waals surface area contributed by atoms with Gasteiger partial charge in [0.15, 0.2) is 0 Å². The Morgan fingerprint density at radius 2 is 2.33 bits per heavy atom. The molecule has 1 aromatic rings. The van der Waals surface area contributed by atoms with Crippen LogP contribution in [0.3, 0.4) is 0 Å². The number of carbonyl (C=O) groups is 1. The van der Waals surface area contributed by atoms with Crippen molar-refractivity contribution in [2.45, 2.75) is 39.0 Å². The van der Waals surface area contributed by atoms with Gasteiger partial charge in [0.05, 0.1) is 12.7 Å². The van der Waals surface area contributed by atoms with Gasteiger partial charge < -0.3 is 19.7 Å². The highest BCUT2D eigenvalue weighted by Crippen LogP contribution is 2.15. The predicted octanol–water partition coefficient (Wildman–Crippen LogP) is 1.08. The van der Waals surface area contributed by atoms with Crippen LogP contribution >= 0.6 is 0 Å². The molecule has 1 amide bonds. The fourth-order valence-electron chi connectivity index (χ4n) is 1.77. The maximum atomic E-state index is 11.7. The smallest absolute Gasteiger partial charge is 0.240 e. The largest absolute Gasteiger partial charge is 0.388 e. The van der Waals surface area contributed by atoms with Crippen molar-refractivity contribution in [3.8, 4) is 0 Å². The first-order valence-electron chi connectivity index (χ1n) is 6.18. The number of aliphatic hydroxyl groups is 1. The van der Waals surface area contributed by atoms with Gasteiger partial charge in [-0.3, -0.25) is 4.79 Å². The van der Waals surface area contributed by atoms with Gasteiger partial charge in [0.1, 0.15) is 6.54 Å². The summed E-state index contributed by atoms with van der Waals surface area (Å²) in [5.74, 6) is -0.0623. The van der Waals surface area contributed by atoms with E-state index in [-0.39, 0.29) is 18.5 Å². The van der Waals surface area contributed by atoms with E-state index in [4.69, 9.17) is 4.74 Å². The second-order valence-corrected chi connectivity index (χ2v) is 4.47. The molecule has 2 unspecified atom stereocenters. The Bertz CT molecular complexity index is 376. The lowest BCUT2D eigenvalue weighted by atomic mass is 10.1. The first-order valence-corrected chi connectivity index (χ1v) is 6.18. The van der Waals surface area contributed by atoms with Crippen LogP contribution in [0.2, 0.25) is 0 Å². The number of nitrogens with one attached hydrogen (secondary N) is 1. The van der Waals surface area contributed by atoms with Crippen LogP contribution in [-0.2, 0) is 16.1 Å². The van der Waals surface area contributed by atoms with E-state index in [0.717, 1.165) is 5.56 Å². The zero-order valence-corrected chi connectivity index (χ0v) is 11.2. The highest BCUT2D eigenvalue weighted by atomic mass is 16.5. The average Bonchev–Trinajstić information content (AvgIpc) is 2.76. The lowest BCUT2D eigenvalue weighted by Crippen LogP contribution is -2.37. The van der Waals surface area contributed by atoms with Crippen LogP contribution in [0.5, 0.6) is 0 Å². The quantitative estimate of drug-likeness (QED) is 0.765. The summed E-state index contributed by atoms with van der Waals surface area (Å²) in [5, 5.41) is 12.5. The molecule has 5 heteroatoms. The molecule has 0 spiro atoms. The number of rotatable bonds is 7. The van der Waals surface area contributed by atoms with Gasteiger partial charge in [-0.1, -0.05) is 6.92 Å². The number of nitrogens with zero attached hydrogens (tertiary/aromatic N) is 1. The summed E-state index contributed by atoms with van der Waals surface area (Å²) in [7, 11) is 1.60. The van der Waals surface area contributed by atoms with Gasteiger partial charge in [0, 0.05) is 25.5 Å². The fourth-order valence-corrected chi connectivity index (χ4v) is 1.77. The Labute approximate surface area is 108 Å². The van der Waals surface area contributed by atoms with Gasteiger partial charge in [0.2, 0.25) is 5.91 Å². The number of aromatic nitrogens is 1. The van der Waals surface area contributed by atoms with E-state index in [1.807, 2.05) is 19.9 Å². The predicted molar refractivity (Wildman–Crippen MR) is 69.2 cm³/mol. The van der Waals surface area contributed by atoms with E-state index in [9.17, 15) is 9.90 Å². The van der Waals surface area contributed by atoms with Crippen LogP contribution in [0.1, 0.15) is 31.9 Å². The van der Waals surface area contributed by atoms with Gasteiger partial charge in [-0.2, -0.15) is 0 Å². The molecule has 1 aromatic heterocycles. The Morgan fingerprint density at radius 3 is 2.94 bits per heavy atom. The zero-order valence-electron chi connectivity index (χ0n) is 11.2. The van der Waals surface area contributed by atoms with Crippen molar-refractivity contribution in [2.75, 3.05) is 13.7 Å². The third kappa shape index (κ3) is 4.50. The molecule has 0 aliphatic rings. The fraction of sp³-hybridized carbons (Fsp3) is 0.615. The molecule has 5 nitrogen and oxygen atoms in total. The van der Waals surface area contributed by atoms with E-state index < -0.39 is 6.10 Å². The highest BCUT2D eigenvalue weighted by Gasteiger charge is 2.10. The summed E-state index contributed by atoms with van der Waals surface area (Å²) < 4.78 is 6.72. The van der Waals surface area contributed by atoms with E-state index in [2.05, 4.69) is 5.32 Å². The molecule has 0 fully saturated rings. The maximum absolute atomic E-state index is 11.7. The molecule has 0 saturated heterocycles. The van der Waals surface area contributed by atoms with Crippen molar-refractivity contribution in [2.24, 2.45) is 0 Å². The average molecular weight is 254 g/mol. The minimum absolute atomic E-state index is 0.00114. The van der Waals surface area contributed by atoms with Crippen molar-refractivity contribution in [1.29, 1.82) is 0 Å². The Morgan fingerprint density at radius 1 is 1.61 bits per heavy atom. The summed E-state index contributed by atoms with van der Waals surface area (Å²) in [6, 6.07) is 1.83. The molecule has 2 N–H and O–H groups in total. The van der Waals surface area contributed by atoms with Gasteiger partial charge >= 0.3 is 0 Å². The standard InChI is InChI=1S/C13H22N2O3/c1-4-12(16)11-5-6-15(7-11)8-13(17)14-10(2)9-18-3/h5-7,10,12,16H,4,8-9H2,1-3H3,(H,14,17). The Kier molecular flexibility index (Phi) is 5.88. The van der Waals surface area contributed by atoms with Crippen LogP contribution < -0.4 is 5.32 Å². The molecule has 0 aromatic carbocycles. The number of carbonyl (C=O) groups excluding carboxylic acids is 1. The topological polar surface area (TPSA) is 63.5 Å². The molecule has 2 atom stereocenters. The van der Waals surface area contributed by atoms with Crippen LogP contribution in [0, 0.1) is 0 Å². The molecule has 0 radical (unpaired) electrons. The van der Waals surface area contributed by atoms with Gasteiger partial charge in [-0.15, -0.1) is 0 Å². The molecule has 1 heterocycles. The minimum atomic E-state index is -0.457. The molecule has 18 heavy (non-hydrogen) atoms. The van der Waals surface area contributed by atoms with Gasteiger partial charge in [-0.25, -0.2) is 0 Å². The third-order valence-electron chi connectivity index (χ3n) is 2.70. The summed E-state index contributed by atoms with van der Waals surface area (Å²) >= 11 is 0. The van der Waals surface area contributed by atoms with E-state index in [0.29, 0.717) is 13.0 Å². The number of amides is 1. The van der Waals surface area contributed by atoms with Crippen molar-refractivity contribution < 1.29 is 14.6 Å². The van der Waals surface area contributed by atoms with Crippen molar-refractivity contribution in [1.82, 2.24) is 9.88 Å². The summed E-state index contributed by atoms with van der Waals surface area (Å²) in [6.07, 6.45) is 3.81. The van der Waals surface area contributed by atoms with E-state index in [1.165, 1.54) is 0 Å². The van der Waals surface area contributed by atoms with Crippen molar-refractivity contribution in [3.05, 3.63) is 24.0 Å². The van der Waals surface area contributed by atoms with Crippen molar-refractivity contribution >= 4 is 5.91 Å². The molecule has 0 aliphatic carbocycles. The summed E-state index contributed by atoms with van der Waals surface area (Å²) in [5.41, 5.74) is 0.843. The Balaban J connectivity index is 2.47. The monoisotopic (exact) mass is 254 g/mol. The highest BCUT2D eigenvalue weighted by molar-refractivity contribution is 5.76. The zero-order chi connectivity index (χ0) is 13.5. The van der Waals surface area contributed by atoms with Crippen LogP contribution in [-0.4, -0.2) is 35.3 Å². The van der Waals surface area contributed by atoms with E-state index in [1.54, 1.807) is 24.1 Å². The number of methoxy groups -OCH3 is 1. The number of ether oxygens (including phenoxy) is 1. The second kappa shape index (κ2) is 7.18. The lowest BCUT2D eigenvalue weighted by molar-refractivity contribution is -0.122. The van der Waals surface area contributed by atoms with Crippen LogP contribution in [0.25, 0.3) is 0 Å². The molecule has 102 valence electrons. The normalized spacial score (nSPS) is 14.2. The molecular weight excluding hydrogens is 232 g/mol. The first kappa shape index (κ1) is 14.7. The molecule has 0 aliphatic heterocycles. The summed E-state index contributed by atoms with van der Waals surface area (Å²) in [6.45, 7) is 4.56. The van der Waals surface area contributed by atoms with Crippen LogP contribution in [0.15, 0.2) is 18.5 Å². The Hall–Kier alpha value is -1.33. The number of hydrogen-bond donors (Lipinski definition) is 2. The second-order valence-electron chi connectivity index (χ2n) is 4.47. The first-order chi connectivity index (χ1) is 8.56. The number of hydrogen-bond acceptors (Lipinski definition) is 3. The molecule has 1 rings (SSSR count). The minimum Gasteiger partial charge on any atom is -0.388 e. The van der Waals surface area contributed by atoms with Gasteiger partial charge in [-0.05, 0) is 25.0 Å². The van der Waals surface area contributed by atoms with Gasteiger partial charge in [0.25, 0.3) is 0 Å². The molecule has 0 bridgehead atoms. The summed E-state index contributed by atoms with van der Waals surface area (Å²) in [4.78, 5) is 11.7. The molecule has 0 saturated carbocycles. The SMILES string of the molecule is CCC(O)c1ccn(CC(=O)NC(C)COC)c1. The third-order valence-corrected chi connectivity index (χ3v) is 2.70. The van der Waals surface area contributed by atoms with E-state index >= 15 is 0 Å². The molecular formula is C13H22N2O3.